The lowest BCUT2D eigenvalue weighted by molar-refractivity contribution is -0.188. The van der Waals surface area contributed by atoms with E-state index in [0.29, 0.717) is 4.90 Å². The minimum absolute atomic E-state index is 0.523. The number of primary amides is 2. The predicted molar refractivity (Wildman–Crippen MR) is 53.5 cm³/mol. The van der Waals surface area contributed by atoms with Gasteiger partial charge in [0.15, 0.2) is 0 Å². The van der Waals surface area contributed by atoms with Gasteiger partial charge in [-0.25, -0.2) is 0 Å². The van der Waals surface area contributed by atoms with Crippen molar-refractivity contribution in [2.45, 2.75) is 25.2 Å². The average Bonchev–Trinajstić information content (AvgIpc) is 1.95. The Bertz CT molecular complexity index is 277. The Balaban J connectivity index is 5.06. The molecular weight excluding hydrogens is 241 g/mol. The van der Waals surface area contributed by atoms with Crippen molar-refractivity contribution in [3.05, 3.63) is 0 Å². The molecule has 9 heteroatoms. The molecule has 0 bridgehead atoms. The van der Waals surface area contributed by atoms with Crippen LogP contribution in [0.2, 0.25) is 0 Å². The van der Waals surface area contributed by atoms with Crippen LogP contribution in [0.3, 0.4) is 0 Å². The Morgan fingerprint density at radius 1 is 1.18 bits per heavy atom. The van der Waals surface area contributed by atoms with Gasteiger partial charge < -0.3 is 17.2 Å². The summed E-state index contributed by atoms with van der Waals surface area (Å²) in [7, 11) is 0. The van der Waals surface area contributed by atoms with Gasteiger partial charge in [-0.2, -0.15) is 13.2 Å². The summed E-state index contributed by atoms with van der Waals surface area (Å²) in [6.07, 6.45) is -4.68. The lowest BCUT2D eigenvalue weighted by atomic mass is 10.1. The molecule has 0 saturated heterocycles. The SMILES string of the molecule is CC(N)C(N(CC(N)=O)CC(N)=O)C(F)(F)F. The van der Waals surface area contributed by atoms with Crippen LogP contribution in [0.1, 0.15) is 6.92 Å². The molecule has 0 heterocycles. The molecule has 0 fully saturated rings. The fraction of sp³-hybridized carbons (Fsp3) is 0.750. The van der Waals surface area contributed by atoms with Gasteiger partial charge in [-0.15, -0.1) is 0 Å². The summed E-state index contributed by atoms with van der Waals surface area (Å²) in [5.41, 5.74) is 14.8. The molecule has 0 aliphatic carbocycles. The molecule has 0 aromatic rings. The number of hydrogen-bond donors (Lipinski definition) is 3. The molecule has 0 radical (unpaired) electrons. The van der Waals surface area contributed by atoms with Crippen LogP contribution < -0.4 is 17.2 Å². The summed E-state index contributed by atoms with van der Waals surface area (Å²) in [5.74, 6) is -2.00. The second-order valence-corrected chi connectivity index (χ2v) is 3.68. The van der Waals surface area contributed by atoms with E-state index < -0.39 is 43.2 Å². The highest BCUT2D eigenvalue weighted by atomic mass is 19.4. The summed E-state index contributed by atoms with van der Waals surface area (Å²) in [5, 5.41) is 0. The van der Waals surface area contributed by atoms with Crippen molar-refractivity contribution in [1.29, 1.82) is 0 Å². The van der Waals surface area contributed by atoms with Crippen LogP contribution in [-0.2, 0) is 9.59 Å². The van der Waals surface area contributed by atoms with E-state index in [4.69, 9.17) is 17.2 Å². The Labute approximate surface area is 95.9 Å². The summed E-state index contributed by atoms with van der Waals surface area (Å²) in [4.78, 5) is 21.9. The first-order chi connectivity index (χ1) is 7.55. The maximum atomic E-state index is 12.7. The molecule has 0 aromatic carbocycles. The van der Waals surface area contributed by atoms with Gasteiger partial charge in [0.05, 0.1) is 13.1 Å². The van der Waals surface area contributed by atoms with E-state index in [2.05, 4.69) is 0 Å². The van der Waals surface area contributed by atoms with E-state index in [0.717, 1.165) is 6.92 Å². The number of halogens is 3. The first-order valence-corrected chi connectivity index (χ1v) is 4.68. The highest BCUT2D eigenvalue weighted by molar-refractivity contribution is 5.79. The highest BCUT2D eigenvalue weighted by Gasteiger charge is 2.46. The third kappa shape index (κ3) is 5.50. The Morgan fingerprint density at radius 2 is 1.53 bits per heavy atom. The third-order valence-corrected chi connectivity index (χ3v) is 1.94. The van der Waals surface area contributed by atoms with Crippen molar-refractivity contribution in [2.75, 3.05) is 13.1 Å². The fourth-order valence-corrected chi connectivity index (χ4v) is 1.49. The van der Waals surface area contributed by atoms with Crippen LogP contribution in [0.15, 0.2) is 0 Å². The quantitative estimate of drug-likeness (QED) is 0.538. The summed E-state index contributed by atoms with van der Waals surface area (Å²) in [6.45, 7) is -0.365. The summed E-state index contributed by atoms with van der Waals surface area (Å²) < 4.78 is 38.1. The van der Waals surface area contributed by atoms with E-state index in [1.165, 1.54) is 0 Å². The number of rotatable bonds is 6. The van der Waals surface area contributed by atoms with Crippen molar-refractivity contribution in [2.24, 2.45) is 17.2 Å². The molecule has 6 N–H and O–H groups in total. The number of alkyl halides is 3. The molecule has 0 aliphatic rings. The van der Waals surface area contributed by atoms with Crippen LogP contribution in [0.25, 0.3) is 0 Å². The summed E-state index contributed by atoms with van der Waals surface area (Å²) >= 11 is 0. The fourth-order valence-electron chi connectivity index (χ4n) is 1.49. The number of nitrogens with zero attached hydrogens (tertiary/aromatic N) is 1. The number of nitrogens with two attached hydrogens (primary N) is 3. The van der Waals surface area contributed by atoms with Crippen molar-refractivity contribution in [1.82, 2.24) is 4.90 Å². The van der Waals surface area contributed by atoms with E-state index in [1.807, 2.05) is 0 Å². The second-order valence-electron chi connectivity index (χ2n) is 3.68. The smallest absolute Gasteiger partial charge is 0.369 e. The Hall–Kier alpha value is -1.35. The van der Waals surface area contributed by atoms with Crippen molar-refractivity contribution in [3.63, 3.8) is 0 Å². The molecule has 2 atom stereocenters. The first-order valence-electron chi connectivity index (χ1n) is 4.68. The standard InChI is InChI=1S/C8H15F3N4O2/c1-4(12)7(8(9,10)11)15(2-5(13)16)3-6(14)17/h4,7H,2-3,12H2,1H3,(H2,13,16)(H2,14,17). The molecule has 100 valence electrons. The average molecular weight is 256 g/mol. The van der Waals surface area contributed by atoms with E-state index in [-0.39, 0.29) is 0 Å². The Morgan fingerprint density at radius 3 is 1.71 bits per heavy atom. The normalized spacial score (nSPS) is 15.6. The van der Waals surface area contributed by atoms with Crippen LogP contribution in [0.4, 0.5) is 13.2 Å². The molecule has 6 nitrogen and oxygen atoms in total. The Kier molecular flexibility index (Phi) is 5.36. The molecule has 2 amide bonds. The van der Waals surface area contributed by atoms with Gasteiger partial charge in [0.25, 0.3) is 0 Å². The maximum Gasteiger partial charge on any atom is 0.405 e. The van der Waals surface area contributed by atoms with Crippen LogP contribution in [0, 0.1) is 0 Å². The monoisotopic (exact) mass is 256 g/mol. The highest BCUT2D eigenvalue weighted by Crippen LogP contribution is 2.26. The van der Waals surface area contributed by atoms with Gasteiger partial charge in [-0.05, 0) is 6.92 Å². The molecular formula is C8H15F3N4O2. The largest absolute Gasteiger partial charge is 0.405 e. The van der Waals surface area contributed by atoms with Gasteiger partial charge in [-0.3, -0.25) is 14.5 Å². The molecule has 0 spiro atoms. The van der Waals surface area contributed by atoms with Crippen LogP contribution in [-0.4, -0.2) is 48.1 Å². The first kappa shape index (κ1) is 15.7. The second kappa shape index (κ2) is 5.82. The number of amides is 2. The summed E-state index contributed by atoms with van der Waals surface area (Å²) in [6, 6.07) is -3.48. The lowest BCUT2D eigenvalue weighted by Crippen LogP contribution is -2.58. The van der Waals surface area contributed by atoms with Gasteiger partial charge >= 0.3 is 6.18 Å². The van der Waals surface area contributed by atoms with E-state index in [1.54, 1.807) is 0 Å². The number of carbonyl (C=O) groups excluding carboxylic acids is 2. The van der Waals surface area contributed by atoms with Crippen molar-refractivity contribution < 1.29 is 22.8 Å². The van der Waals surface area contributed by atoms with Crippen molar-refractivity contribution in [3.8, 4) is 0 Å². The van der Waals surface area contributed by atoms with Gasteiger partial charge in [0.1, 0.15) is 6.04 Å². The van der Waals surface area contributed by atoms with Gasteiger partial charge in [-0.1, -0.05) is 0 Å². The minimum atomic E-state index is -4.68. The predicted octanol–water partition coefficient (Wildman–Crippen LogP) is -1.46. The lowest BCUT2D eigenvalue weighted by Gasteiger charge is -2.33. The van der Waals surface area contributed by atoms with Crippen molar-refractivity contribution >= 4 is 11.8 Å². The topological polar surface area (TPSA) is 115 Å². The third-order valence-electron chi connectivity index (χ3n) is 1.94. The van der Waals surface area contributed by atoms with Gasteiger partial charge in [0.2, 0.25) is 11.8 Å². The molecule has 17 heavy (non-hydrogen) atoms. The zero-order valence-corrected chi connectivity index (χ0v) is 9.20. The number of carbonyl (C=O) groups is 2. The molecule has 0 aromatic heterocycles. The van der Waals surface area contributed by atoms with E-state index >= 15 is 0 Å². The van der Waals surface area contributed by atoms with Crippen LogP contribution >= 0.6 is 0 Å². The zero-order valence-electron chi connectivity index (χ0n) is 9.20. The zero-order chi connectivity index (χ0) is 13.8. The van der Waals surface area contributed by atoms with E-state index in [9.17, 15) is 22.8 Å². The molecule has 0 saturated carbocycles. The maximum absolute atomic E-state index is 12.7. The molecule has 0 aliphatic heterocycles. The van der Waals surface area contributed by atoms with Crippen LogP contribution in [0.5, 0.6) is 0 Å². The number of hydrogen-bond acceptors (Lipinski definition) is 4. The van der Waals surface area contributed by atoms with Gasteiger partial charge in [0, 0.05) is 6.04 Å². The molecule has 2 unspecified atom stereocenters. The molecule has 0 rings (SSSR count). The minimum Gasteiger partial charge on any atom is -0.369 e.